The quantitative estimate of drug-likeness (QED) is 0.640. The van der Waals surface area contributed by atoms with Crippen molar-refractivity contribution in [3.8, 4) is 0 Å². The van der Waals surface area contributed by atoms with E-state index in [1.807, 2.05) is 0 Å². The van der Waals surface area contributed by atoms with Gasteiger partial charge in [-0.05, 0) is 6.42 Å². The lowest BCUT2D eigenvalue weighted by Gasteiger charge is -2.06. The molecule has 0 amide bonds. The second-order valence-electron chi connectivity index (χ2n) is 2.91. The standard InChI is InChI=1S/C8H10N2O5/c9-4(1-2-5(11)12)7-6(8(13)14)10-3-15-7/h3-4H,1-2,9H2,(H,11,12)(H,13,14)/t4-/m0/s1. The number of oxazole rings is 1. The van der Waals surface area contributed by atoms with Gasteiger partial charge in [-0.15, -0.1) is 0 Å². The van der Waals surface area contributed by atoms with Crippen molar-refractivity contribution in [3.05, 3.63) is 17.8 Å². The van der Waals surface area contributed by atoms with Crippen LogP contribution in [0.3, 0.4) is 0 Å². The Balaban J connectivity index is 2.73. The van der Waals surface area contributed by atoms with Crippen molar-refractivity contribution in [2.45, 2.75) is 18.9 Å². The Labute approximate surface area is 84.5 Å². The van der Waals surface area contributed by atoms with Crippen LogP contribution in [0.2, 0.25) is 0 Å². The molecule has 0 aromatic carbocycles. The van der Waals surface area contributed by atoms with Gasteiger partial charge in [-0.25, -0.2) is 9.78 Å². The SMILES string of the molecule is N[C@@H](CCC(=O)O)c1ocnc1C(=O)O. The molecule has 1 aromatic rings. The lowest BCUT2D eigenvalue weighted by molar-refractivity contribution is -0.137. The fourth-order valence-corrected chi connectivity index (χ4v) is 1.09. The van der Waals surface area contributed by atoms with Gasteiger partial charge >= 0.3 is 11.9 Å². The molecule has 0 aliphatic heterocycles. The minimum absolute atomic E-state index is 0.00347. The lowest BCUT2D eigenvalue weighted by atomic mass is 10.1. The number of carboxylic acids is 2. The average molecular weight is 214 g/mol. The van der Waals surface area contributed by atoms with Crippen LogP contribution < -0.4 is 5.73 Å². The largest absolute Gasteiger partial charge is 0.481 e. The maximum absolute atomic E-state index is 10.6. The second kappa shape index (κ2) is 4.56. The minimum atomic E-state index is -1.25. The molecule has 15 heavy (non-hydrogen) atoms. The van der Waals surface area contributed by atoms with E-state index in [-0.39, 0.29) is 24.3 Å². The number of nitrogens with two attached hydrogens (primary N) is 1. The summed E-state index contributed by atoms with van der Waals surface area (Å²) in [5.41, 5.74) is 5.30. The lowest BCUT2D eigenvalue weighted by Crippen LogP contribution is -2.15. The summed E-state index contributed by atoms with van der Waals surface area (Å²) >= 11 is 0. The zero-order valence-corrected chi connectivity index (χ0v) is 7.71. The van der Waals surface area contributed by atoms with E-state index in [4.69, 9.17) is 20.4 Å². The van der Waals surface area contributed by atoms with Crippen LogP contribution in [0, 0.1) is 0 Å². The van der Waals surface area contributed by atoms with E-state index in [1.165, 1.54) is 0 Å². The fraction of sp³-hybridized carbons (Fsp3) is 0.375. The van der Waals surface area contributed by atoms with Gasteiger partial charge in [0.2, 0.25) is 0 Å². The summed E-state index contributed by atoms with van der Waals surface area (Å²) in [6.07, 6.45) is 0.922. The Morgan fingerprint density at radius 2 is 2.20 bits per heavy atom. The normalized spacial score (nSPS) is 12.3. The summed E-state index contributed by atoms with van der Waals surface area (Å²) in [6, 6.07) is -0.769. The van der Waals surface area contributed by atoms with E-state index in [0.717, 1.165) is 6.39 Å². The Morgan fingerprint density at radius 3 is 2.73 bits per heavy atom. The van der Waals surface area contributed by atoms with Crippen LogP contribution in [0.1, 0.15) is 35.1 Å². The number of carbonyl (C=O) groups is 2. The minimum Gasteiger partial charge on any atom is -0.481 e. The number of rotatable bonds is 5. The van der Waals surface area contributed by atoms with E-state index in [2.05, 4.69) is 4.98 Å². The number of aromatic nitrogens is 1. The molecule has 1 aromatic heterocycles. The van der Waals surface area contributed by atoms with Crippen molar-refractivity contribution in [2.75, 3.05) is 0 Å². The third kappa shape index (κ3) is 2.78. The van der Waals surface area contributed by atoms with E-state index in [0.29, 0.717) is 0 Å². The molecule has 1 rings (SSSR count). The molecular formula is C8H10N2O5. The van der Waals surface area contributed by atoms with Crippen molar-refractivity contribution in [3.63, 3.8) is 0 Å². The van der Waals surface area contributed by atoms with Crippen LogP contribution in [0.15, 0.2) is 10.8 Å². The van der Waals surface area contributed by atoms with Gasteiger partial charge < -0.3 is 20.4 Å². The van der Waals surface area contributed by atoms with E-state index in [1.54, 1.807) is 0 Å². The number of carboxylic acid groups (broad SMARTS) is 2. The molecule has 0 unspecified atom stereocenters. The Bertz CT molecular complexity index is 373. The maximum Gasteiger partial charge on any atom is 0.358 e. The van der Waals surface area contributed by atoms with Gasteiger partial charge in [0, 0.05) is 6.42 Å². The first-order valence-corrected chi connectivity index (χ1v) is 4.16. The topological polar surface area (TPSA) is 127 Å². The molecule has 7 nitrogen and oxygen atoms in total. The van der Waals surface area contributed by atoms with Crippen LogP contribution >= 0.6 is 0 Å². The molecule has 0 aliphatic rings. The van der Waals surface area contributed by atoms with Gasteiger partial charge in [-0.1, -0.05) is 0 Å². The highest BCUT2D eigenvalue weighted by Gasteiger charge is 2.21. The molecule has 0 spiro atoms. The average Bonchev–Trinajstić information content (AvgIpc) is 2.62. The number of nitrogens with zero attached hydrogens (tertiary/aromatic N) is 1. The zero-order valence-electron chi connectivity index (χ0n) is 7.71. The molecule has 0 radical (unpaired) electrons. The highest BCUT2D eigenvalue weighted by Crippen LogP contribution is 2.19. The predicted octanol–water partition coefficient (Wildman–Crippen LogP) is 0.237. The second-order valence-corrected chi connectivity index (χ2v) is 2.91. The summed E-state index contributed by atoms with van der Waals surface area (Å²) in [7, 11) is 0. The third-order valence-corrected chi connectivity index (χ3v) is 1.80. The number of hydrogen-bond acceptors (Lipinski definition) is 5. The van der Waals surface area contributed by atoms with Gasteiger partial charge in [0.05, 0.1) is 6.04 Å². The van der Waals surface area contributed by atoms with Crippen molar-refractivity contribution < 1.29 is 24.2 Å². The summed E-state index contributed by atoms with van der Waals surface area (Å²) in [5.74, 6) is -2.24. The van der Waals surface area contributed by atoms with Crippen molar-refractivity contribution in [1.82, 2.24) is 4.98 Å². The van der Waals surface area contributed by atoms with Gasteiger partial charge in [0.25, 0.3) is 0 Å². The zero-order chi connectivity index (χ0) is 11.4. The Hall–Kier alpha value is -1.89. The molecule has 0 bridgehead atoms. The third-order valence-electron chi connectivity index (χ3n) is 1.80. The molecular weight excluding hydrogens is 204 g/mol. The number of aliphatic carboxylic acids is 1. The molecule has 0 fully saturated rings. The number of hydrogen-bond donors (Lipinski definition) is 3. The van der Waals surface area contributed by atoms with Gasteiger partial charge in [-0.3, -0.25) is 4.79 Å². The molecule has 0 saturated heterocycles. The highest BCUT2D eigenvalue weighted by molar-refractivity contribution is 5.86. The first-order valence-electron chi connectivity index (χ1n) is 4.16. The van der Waals surface area contributed by atoms with Gasteiger partial charge in [0.15, 0.2) is 17.8 Å². The fourth-order valence-electron chi connectivity index (χ4n) is 1.09. The summed E-state index contributed by atoms with van der Waals surface area (Å²) in [4.78, 5) is 24.4. The van der Waals surface area contributed by atoms with Crippen LogP contribution in [0.4, 0.5) is 0 Å². The van der Waals surface area contributed by atoms with Crippen LogP contribution in [-0.4, -0.2) is 27.1 Å². The molecule has 0 saturated carbocycles. The molecule has 1 heterocycles. The highest BCUT2D eigenvalue weighted by atomic mass is 16.4. The number of aromatic carboxylic acids is 1. The molecule has 82 valence electrons. The van der Waals surface area contributed by atoms with E-state index < -0.39 is 18.0 Å². The summed E-state index contributed by atoms with van der Waals surface area (Å²) < 4.78 is 4.81. The maximum atomic E-state index is 10.6. The first kappa shape index (κ1) is 11.2. The van der Waals surface area contributed by atoms with E-state index in [9.17, 15) is 9.59 Å². The van der Waals surface area contributed by atoms with Crippen LogP contribution in [0.25, 0.3) is 0 Å². The monoisotopic (exact) mass is 214 g/mol. The van der Waals surface area contributed by atoms with Gasteiger partial charge in [0.1, 0.15) is 0 Å². The predicted molar refractivity (Wildman–Crippen MR) is 47.3 cm³/mol. The van der Waals surface area contributed by atoms with Crippen LogP contribution in [0.5, 0.6) is 0 Å². The Kier molecular flexibility index (Phi) is 3.40. The Morgan fingerprint density at radius 1 is 1.53 bits per heavy atom. The van der Waals surface area contributed by atoms with Crippen molar-refractivity contribution >= 4 is 11.9 Å². The summed E-state index contributed by atoms with van der Waals surface area (Å²) in [6.45, 7) is 0. The van der Waals surface area contributed by atoms with Crippen LogP contribution in [-0.2, 0) is 4.79 Å². The van der Waals surface area contributed by atoms with Gasteiger partial charge in [-0.2, -0.15) is 0 Å². The molecule has 7 heteroatoms. The van der Waals surface area contributed by atoms with Crippen molar-refractivity contribution in [2.24, 2.45) is 5.73 Å². The molecule has 1 atom stereocenters. The smallest absolute Gasteiger partial charge is 0.358 e. The summed E-state index contributed by atoms with van der Waals surface area (Å²) in [5, 5.41) is 17.1. The molecule has 4 N–H and O–H groups in total. The van der Waals surface area contributed by atoms with E-state index >= 15 is 0 Å². The molecule has 0 aliphatic carbocycles. The van der Waals surface area contributed by atoms with Crippen molar-refractivity contribution in [1.29, 1.82) is 0 Å². The first-order chi connectivity index (χ1) is 7.02.